The number of rotatable bonds is 0. The maximum Gasteiger partial charge on any atom is -0.0533 e. The molecule has 0 radical (unpaired) electrons. The van der Waals surface area contributed by atoms with Gasteiger partial charge in [0, 0.05) is 0 Å². The second kappa shape index (κ2) is 6.90. The molecule has 0 heteroatoms. The van der Waals surface area contributed by atoms with Crippen molar-refractivity contribution >= 4 is 0 Å². The van der Waals surface area contributed by atoms with Crippen molar-refractivity contribution in [2.75, 3.05) is 0 Å². The topological polar surface area (TPSA) is 0 Å². The predicted octanol–water partition coefficient (Wildman–Crippen LogP) is 4.03. The third-order valence-electron chi connectivity index (χ3n) is 2.17. The van der Waals surface area contributed by atoms with Crippen LogP contribution in [0.2, 0.25) is 0 Å². The SMILES string of the molecule is C1CCCCC1.c1ccccc1. The van der Waals surface area contributed by atoms with Crippen LogP contribution >= 0.6 is 0 Å². The first-order valence-corrected chi connectivity index (χ1v) is 5.00. The standard InChI is InChI=1S/C6H12.C6H6/c2*1-2-4-6-5-3-1/h1-6H2;1-6H. The molecule has 0 atom stereocenters. The Morgan fingerprint density at radius 1 is 0.333 bits per heavy atom. The van der Waals surface area contributed by atoms with E-state index in [2.05, 4.69) is 0 Å². The summed E-state index contributed by atoms with van der Waals surface area (Å²) < 4.78 is 0. The Morgan fingerprint density at radius 3 is 0.667 bits per heavy atom. The second-order valence-electron chi connectivity index (χ2n) is 3.28. The van der Waals surface area contributed by atoms with Crippen LogP contribution in [0.15, 0.2) is 36.4 Å². The summed E-state index contributed by atoms with van der Waals surface area (Å²) in [5, 5.41) is 0. The van der Waals surface area contributed by atoms with Gasteiger partial charge in [-0.2, -0.15) is 0 Å². The largest absolute Gasteiger partial charge is 0.0623 e. The molecule has 0 amide bonds. The molecular weight excluding hydrogens is 144 g/mol. The van der Waals surface area contributed by atoms with Gasteiger partial charge in [0.2, 0.25) is 0 Å². The van der Waals surface area contributed by atoms with Gasteiger partial charge in [-0.15, -0.1) is 0 Å². The van der Waals surface area contributed by atoms with Crippen molar-refractivity contribution in [1.82, 2.24) is 0 Å². The quantitative estimate of drug-likeness (QED) is 0.540. The maximum atomic E-state index is 2.00. The summed E-state index contributed by atoms with van der Waals surface area (Å²) in [4.78, 5) is 0. The van der Waals surface area contributed by atoms with Crippen LogP contribution in [0.25, 0.3) is 0 Å². The molecule has 66 valence electrons. The van der Waals surface area contributed by atoms with Crippen molar-refractivity contribution in [1.29, 1.82) is 0 Å². The van der Waals surface area contributed by atoms with Crippen molar-refractivity contribution in [3.63, 3.8) is 0 Å². The molecule has 0 heterocycles. The van der Waals surface area contributed by atoms with E-state index in [0.717, 1.165) is 0 Å². The highest BCUT2D eigenvalue weighted by Gasteiger charge is 1.95. The minimum Gasteiger partial charge on any atom is -0.0623 e. The highest BCUT2D eigenvalue weighted by Crippen LogP contribution is 2.15. The van der Waals surface area contributed by atoms with Gasteiger partial charge < -0.3 is 0 Å². The van der Waals surface area contributed by atoms with Crippen LogP contribution in [0.4, 0.5) is 0 Å². The van der Waals surface area contributed by atoms with E-state index < -0.39 is 0 Å². The zero-order valence-corrected chi connectivity index (χ0v) is 7.71. The van der Waals surface area contributed by atoms with Gasteiger partial charge in [0.15, 0.2) is 0 Å². The van der Waals surface area contributed by atoms with Crippen LogP contribution in [0.5, 0.6) is 0 Å². The zero-order chi connectivity index (χ0) is 8.49. The molecule has 0 N–H and O–H groups in total. The van der Waals surface area contributed by atoms with Gasteiger partial charge in [0.1, 0.15) is 0 Å². The van der Waals surface area contributed by atoms with Crippen LogP contribution in [0, 0.1) is 0 Å². The molecule has 1 aromatic carbocycles. The predicted molar refractivity (Wildman–Crippen MR) is 54.1 cm³/mol. The molecule has 0 saturated heterocycles. The molecule has 0 aromatic heterocycles. The highest BCUT2D eigenvalue weighted by atomic mass is 14.0. The molecule has 0 bridgehead atoms. The van der Waals surface area contributed by atoms with Crippen LogP contribution in [-0.4, -0.2) is 0 Å². The fourth-order valence-electron chi connectivity index (χ4n) is 1.45. The third kappa shape index (κ3) is 4.95. The summed E-state index contributed by atoms with van der Waals surface area (Å²) in [5.74, 6) is 0. The average Bonchev–Trinajstić information content (AvgIpc) is 2.24. The van der Waals surface area contributed by atoms with Crippen molar-refractivity contribution in [2.45, 2.75) is 38.5 Å². The Balaban J connectivity index is 0.000000120. The van der Waals surface area contributed by atoms with Crippen LogP contribution in [-0.2, 0) is 0 Å². The second-order valence-corrected chi connectivity index (χ2v) is 3.28. The fourth-order valence-corrected chi connectivity index (χ4v) is 1.45. The minimum absolute atomic E-state index is 1.50. The van der Waals surface area contributed by atoms with Crippen molar-refractivity contribution in [2.24, 2.45) is 0 Å². The molecule has 0 spiro atoms. The summed E-state index contributed by atoms with van der Waals surface area (Å²) >= 11 is 0. The smallest absolute Gasteiger partial charge is 0.0533 e. The first-order valence-electron chi connectivity index (χ1n) is 5.00. The van der Waals surface area contributed by atoms with E-state index in [1.54, 1.807) is 0 Å². The Morgan fingerprint density at radius 2 is 0.500 bits per heavy atom. The van der Waals surface area contributed by atoms with E-state index in [9.17, 15) is 0 Å². The monoisotopic (exact) mass is 162 g/mol. The van der Waals surface area contributed by atoms with E-state index >= 15 is 0 Å². The molecular formula is C12H18. The summed E-state index contributed by atoms with van der Waals surface area (Å²) in [6.07, 6.45) is 9.00. The lowest BCUT2D eigenvalue weighted by molar-refractivity contribution is 0.504. The molecule has 1 saturated carbocycles. The van der Waals surface area contributed by atoms with Crippen molar-refractivity contribution < 1.29 is 0 Å². The van der Waals surface area contributed by atoms with Gasteiger partial charge in [-0.3, -0.25) is 0 Å². The van der Waals surface area contributed by atoms with Crippen LogP contribution in [0.1, 0.15) is 38.5 Å². The van der Waals surface area contributed by atoms with Gasteiger partial charge >= 0.3 is 0 Å². The molecule has 1 aliphatic carbocycles. The first-order chi connectivity index (χ1) is 6.00. The normalized spacial score (nSPS) is 16.0. The van der Waals surface area contributed by atoms with E-state index in [4.69, 9.17) is 0 Å². The lowest BCUT2D eigenvalue weighted by atomic mass is 10.0. The highest BCUT2D eigenvalue weighted by molar-refractivity contribution is 4.99. The van der Waals surface area contributed by atoms with E-state index in [1.165, 1.54) is 38.5 Å². The minimum atomic E-state index is 1.50. The van der Waals surface area contributed by atoms with Crippen LogP contribution < -0.4 is 0 Å². The first kappa shape index (κ1) is 9.31. The molecule has 1 aliphatic rings. The van der Waals surface area contributed by atoms with E-state index in [1.807, 2.05) is 36.4 Å². The summed E-state index contributed by atoms with van der Waals surface area (Å²) in [6.45, 7) is 0. The fraction of sp³-hybridized carbons (Fsp3) is 0.500. The van der Waals surface area contributed by atoms with Gasteiger partial charge in [0.25, 0.3) is 0 Å². The third-order valence-corrected chi connectivity index (χ3v) is 2.17. The van der Waals surface area contributed by atoms with Gasteiger partial charge in [-0.05, 0) is 0 Å². The molecule has 0 nitrogen and oxygen atoms in total. The maximum absolute atomic E-state index is 2.00. The molecule has 0 unspecified atom stereocenters. The average molecular weight is 162 g/mol. The van der Waals surface area contributed by atoms with Gasteiger partial charge in [-0.25, -0.2) is 0 Å². The Hall–Kier alpha value is -0.780. The summed E-state index contributed by atoms with van der Waals surface area (Å²) in [7, 11) is 0. The van der Waals surface area contributed by atoms with Gasteiger partial charge in [0.05, 0.1) is 0 Å². The van der Waals surface area contributed by atoms with E-state index in [-0.39, 0.29) is 0 Å². The summed E-state index contributed by atoms with van der Waals surface area (Å²) in [5.41, 5.74) is 0. The Labute approximate surface area is 75.6 Å². The Bertz CT molecular complexity index is 124. The number of hydrogen-bond acceptors (Lipinski definition) is 0. The molecule has 1 fully saturated rings. The summed E-state index contributed by atoms with van der Waals surface area (Å²) in [6, 6.07) is 12.0. The molecule has 0 aliphatic heterocycles. The lowest BCUT2D eigenvalue weighted by Crippen LogP contribution is -1.85. The lowest BCUT2D eigenvalue weighted by Gasteiger charge is -2.05. The number of benzene rings is 1. The van der Waals surface area contributed by atoms with Gasteiger partial charge in [-0.1, -0.05) is 74.9 Å². The van der Waals surface area contributed by atoms with Crippen molar-refractivity contribution in [3.05, 3.63) is 36.4 Å². The Kier molecular flexibility index (Phi) is 5.35. The van der Waals surface area contributed by atoms with Crippen LogP contribution in [0.3, 0.4) is 0 Å². The number of hydrogen-bond donors (Lipinski definition) is 0. The molecule has 12 heavy (non-hydrogen) atoms. The molecule has 2 rings (SSSR count). The zero-order valence-electron chi connectivity index (χ0n) is 7.71. The van der Waals surface area contributed by atoms with Crippen molar-refractivity contribution in [3.8, 4) is 0 Å². The van der Waals surface area contributed by atoms with E-state index in [0.29, 0.717) is 0 Å². The molecule has 1 aromatic rings.